The molecule has 1 aliphatic rings. The Kier molecular flexibility index (Phi) is 4.26. The quantitative estimate of drug-likeness (QED) is 0.735. The second-order valence-electron chi connectivity index (χ2n) is 4.62. The van der Waals surface area contributed by atoms with Gasteiger partial charge in [0.25, 0.3) is 0 Å². The molecule has 1 fully saturated rings. The number of hydrogen-bond donors (Lipinski definition) is 1. The molecule has 0 spiro atoms. The normalized spacial score (nSPS) is 14.7. The van der Waals surface area contributed by atoms with E-state index in [1.54, 1.807) is 14.2 Å². The van der Waals surface area contributed by atoms with E-state index in [1.165, 1.54) is 24.9 Å². The second kappa shape index (κ2) is 5.92. The number of nitrogens with one attached hydrogen (secondary N) is 1. The molecule has 3 heteroatoms. The summed E-state index contributed by atoms with van der Waals surface area (Å²) in [5.41, 5.74) is 1.25. The first-order valence-electron chi connectivity index (χ1n) is 6.24. The number of rotatable bonds is 7. The molecule has 1 aromatic rings. The lowest BCUT2D eigenvalue weighted by atomic mass is 10.1. The number of methoxy groups -OCH3 is 2. The summed E-state index contributed by atoms with van der Waals surface area (Å²) >= 11 is 0. The van der Waals surface area contributed by atoms with Gasteiger partial charge >= 0.3 is 0 Å². The average Bonchev–Trinajstić information content (AvgIpc) is 3.18. The van der Waals surface area contributed by atoms with E-state index in [1.807, 2.05) is 6.07 Å². The highest BCUT2D eigenvalue weighted by Gasteiger charge is 2.19. The zero-order valence-electron chi connectivity index (χ0n) is 10.7. The molecule has 1 saturated carbocycles. The standard InChI is InChI=1S/C14H21NO2/c1-16-13-7-12(8-14(9-13)17-2)5-6-15-10-11-3-4-11/h7-9,11,15H,3-6,10H2,1-2H3. The van der Waals surface area contributed by atoms with Gasteiger partial charge in [0.2, 0.25) is 0 Å². The minimum absolute atomic E-state index is 0.863. The van der Waals surface area contributed by atoms with Gasteiger partial charge in [-0.2, -0.15) is 0 Å². The molecule has 3 nitrogen and oxygen atoms in total. The summed E-state index contributed by atoms with van der Waals surface area (Å²) in [7, 11) is 3.37. The van der Waals surface area contributed by atoms with Crippen molar-refractivity contribution >= 4 is 0 Å². The number of hydrogen-bond acceptors (Lipinski definition) is 3. The van der Waals surface area contributed by atoms with Crippen LogP contribution in [0.5, 0.6) is 11.5 Å². The first kappa shape index (κ1) is 12.2. The van der Waals surface area contributed by atoms with Gasteiger partial charge < -0.3 is 14.8 Å². The SMILES string of the molecule is COc1cc(CCNCC2CC2)cc(OC)c1. The zero-order valence-corrected chi connectivity index (χ0v) is 10.7. The van der Waals surface area contributed by atoms with Gasteiger partial charge in [-0.25, -0.2) is 0 Å². The van der Waals surface area contributed by atoms with Crippen LogP contribution in [-0.4, -0.2) is 27.3 Å². The number of benzene rings is 1. The predicted octanol–water partition coefficient (Wildman–Crippen LogP) is 2.25. The maximum Gasteiger partial charge on any atom is 0.122 e. The molecule has 1 aliphatic carbocycles. The minimum Gasteiger partial charge on any atom is -0.497 e. The van der Waals surface area contributed by atoms with Gasteiger partial charge in [-0.15, -0.1) is 0 Å². The molecule has 0 amide bonds. The van der Waals surface area contributed by atoms with Crippen molar-refractivity contribution in [3.63, 3.8) is 0 Å². The zero-order chi connectivity index (χ0) is 12.1. The lowest BCUT2D eigenvalue weighted by molar-refractivity contribution is 0.393. The summed E-state index contributed by atoms with van der Waals surface area (Å²) in [6.45, 7) is 2.19. The van der Waals surface area contributed by atoms with Gasteiger partial charge in [-0.3, -0.25) is 0 Å². The Hall–Kier alpha value is -1.22. The van der Waals surface area contributed by atoms with Crippen LogP contribution >= 0.6 is 0 Å². The molecule has 0 radical (unpaired) electrons. The van der Waals surface area contributed by atoms with Gasteiger partial charge in [-0.1, -0.05) is 0 Å². The van der Waals surface area contributed by atoms with Crippen LogP contribution in [0.1, 0.15) is 18.4 Å². The van der Waals surface area contributed by atoms with Crippen LogP contribution in [0.25, 0.3) is 0 Å². The molecule has 94 valence electrons. The van der Waals surface area contributed by atoms with Crippen molar-refractivity contribution < 1.29 is 9.47 Å². The van der Waals surface area contributed by atoms with Gasteiger partial charge in [0.1, 0.15) is 11.5 Å². The van der Waals surface area contributed by atoms with E-state index in [0.29, 0.717) is 0 Å². The van der Waals surface area contributed by atoms with Crippen LogP contribution in [0.4, 0.5) is 0 Å². The molecule has 0 saturated heterocycles. The Balaban J connectivity index is 1.84. The number of ether oxygens (including phenoxy) is 2. The summed E-state index contributed by atoms with van der Waals surface area (Å²) < 4.78 is 10.5. The van der Waals surface area contributed by atoms with Crippen molar-refractivity contribution in [2.75, 3.05) is 27.3 Å². The van der Waals surface area contributed by atoms with Crippen molar-refractivity contribution in [1.29, 1.82) is 0 Å². The fraction of sp³-hybridized carbons (Fsp3) is 0.571. The molecule has 2 rings (SSSR count). The lowest BCUT2D eigenvalue weighted by Crippen LogP contribution is -2.19. The van der Waals surface area contributed by atoms with Crippen LogP contribution in [0.3, 0.4) is 0 Å². The van der Waals surface area contributed by atoms with Crippen LogP contribution in [-0.2, 0) is 6.42 Å². The van der Waals surface area contributed by atoms with E-state index < -0.39 is 0 Å². The summed E-state index contributed by atoms with van der Waals surface area (Å²) in [6.07, 6.45) is 3.82. The Bertz CT molecular complexity index is 339. The second-order valence-corrected chi connectivity index (χ2v) is 4.62. The van der Waals surface area contributed by atoms with E-state index >= 15 is 0 Å². The molecule has 0 aromatic heterocycles. The van der Waals surface area contributed by atoms with Crippen molar-refractivity contribution in [1.82, 2.24) is 5.32 Å². The average molecular weight is 235 g/mol. The molecule has 0 aliphatic heterocycles. The summed E-state index contributed by atoms with van der Waals surface area (Å²) in [5.74, 6) is 2.66. The molecule has 0 heterocycles. The fourth-order valence-electron chi connectivity index (χ4n) is 1.87. The van der Waals surface area contributed by atoms with E-state index in [4.69, 9.17) is 9.47 Å². The first-order chi connectivity index (χ1) is 8.31. The maximum absolute atomic E-state index is 5.25. The maximum atomic E-state index is 5.25. The molecule has 0 atom stereocenters. The third kappa shape index (κ3) is 3.93. The Morgan fingerprint density at radius 3 is 2.29 bits per heavy atom. The van der Waals surface area contributed by atoms with Crippen molar-refractivity contribution in [2.45, 2.75) is 19.3 Å². The summed E-state index contributed by atoms with van der Waals surface area (Å²) in [5, 5.41) is 3.49. The van der Waals surface area contributed by atoms with Crippen LogP contribution in [0.15, 0.2) is 18.2 Å². The monoisotopic (exact) mass is 235 g/mol. The highest BCUT2D eigenvalue weighted by atomic mass is 16.5. The van der Waals surface area contributed by atoms with Crippen molar-refractivity contribution in [2.24, 2.45) is 5.92 Å². The van der Waals surface area contributed by atoms with Gasteiger partial charge in [0.15, 0.2) is 0 Å². The lowest BCUT2D eigenvalue weighted by Gasteiger charge is -2.09. The van der Waals surface area contributed by atoms with Crippen LogP contribution in [0.2, 0.25) is 0 Å². The van der Waals surface area contributed by atoms with Gasteiger partial charge in [0.05, 0.1) is 14.2 Å². The predicted molar refractivity (Wildman–Crippen MR) is 68.8 cm³/mol. The Labute approximate surface area is 103 Å². The Morgan fingerprint density at radius 1 is 1.12 bits per heavy atom. The summed E-state index contributed by atoms with van der Waals surface area (Å²) in [4.78, 5) is 0. The first-order valence-corrected chi connectivity index (χ1v) is 6.24. The van der Waals surface area contributed by atoms with E-state index in [-0.39, 0.29) is 0 Å². The van der Waals surface area contributed by atoms with Gasteiger partial charge in [0, 0.05) is 6.07 Å². The van der Waals surface area contributed by atoms with E-state index in [9.17, 15) is 0 Å². The Morgan fingerprint density at radius 2 is 1.76 bits per heavy atom. The molecular formula is C14H21NO2. The van der Waals surface area contributed by atoms with Gasteiger partial charge in [-0.05, 0) is 56.0 Å². The van der Waals surface area contributed by atoms with Crippen molar-refractivity contribution in [3.8, 4) is 11.5 Å². The largest absolute Gasteiger partial charge is 0.497 e. The molecule has 0 unspecified atom stereocenters. The molecule has 1 aromatic carbocycles. The van der Waals surface area contributed by atoms with Crippen molar-refractivity contribution in [3.05, 3.63) is 23.8 Å². The molecule has 17 heavy (non-hydrogen) atoms. The highest BCUT2D eigenvalue weighted by Crippen LogP contribution is 2.27. The van der Waals surface area contributed by atoms with E-state index in [2.05, 4.69) is 17.4 Å². The topological polar surface area (TPSA) is 30.5 Å². The van der Waals surface area contributed by atoms with E-state index in [0.717, 1.165) is 30.4 Å². The summed E-state index contributed by atoms with van der Waals surface area (Å²) in [6, 6.07) is 6.05. The minimum atomic E-state index is 0.863. The third-order valence-corrected chi connectivity index (χ3v) is 3.13. The molecular weight excluding hydrogens is 214 g/mol. The smallest absolute Gasteiger partial charge is 0.122 e. The highest BCUT2D eigenvalue weighted by molar-refractivity contribution is 5.38. The fourth-order valence-corrected chi connectivity index (χ4v) is 1.87. The molecule has 1 N–H and O–H groups in total. The third-order valence-electron chi connectivity index (χ3n) is 3.13. The van der Waals surface area contributed by atoms with Crippen LogP contribution in [0, 0.1) is 5.92 Å². The molecule has 0 bridgehead atoms. The van der Waals surface area contributed by atoms with Crippen LogP contribution < -0.4 is 14.8 Å².